The Bertz CT molecular complexity index is 634. The number of benzene rings is 1. The molecule has 0 aliphatic rings. The Morgan fingerprint density at radius 1 is 1.30 bits per heavy atom. The van der Waals surface area contributed by atoms with Gasteiger partial charge in [-0.1, -0.05) is 50.6 Å². The van der Waals surface area contributed by atoms with Crippen LogP contribution in [0.5, 0.6) is 0 Å². The fourth-order valence-electron chi connectivity index (χ4n) is 1.87. The minimum Gasteiger partial charge on any atom is -0.292 e. The number of hydrogen-bond donors (Lipinski definition) is 0. The summed E-state index contributed by atoms with van der Waals surface area (Å²) in [5, 5.41) is 4.09. The van der Waals surface area contributed by atoms with Gasteiger partial charge in [-0.25, -0.2) is 9.67 Å². The second-order valence-electron chi connectivity index (χ2n) is 5.86. The maximum Gasteiger partial charge on any atom is 0.186 e. The first-order chi connectivity index (χ1) is 9.38. The number of aryl methyl sites for hydroxylation is 1. The van der Waals surface area contributed by atoms with Crippen LogP contribution < -0.4 is 0 Å². The average molecular weight is 269 g/mol. The molecule has 0 bridgehead atoms. The molecule has 0 aliphatic carbocycles. The quantitative estimate of drug-likeness (QED) is 0.804. The summed E-state index contributed by atoms with van der Waals surface area (Å²) in [6, 6.07) is 8.01. The van der Waals surface area contributed by atoms with Crippen LogP contribution in [0.2, 0.25) is 0 Å². The highest BCUT2D eigenvalue weighted by Gasteiger charge is 2.26. The number of rotatable bonds is 3. The van der Waals surface area contributed by atoms with Gasteiger partial charge in [-0.15, -0.1) is 0 Å². The molecule has 0 saturated carbocycles. The van der Waals surface area contributed by atoms with Crippen molar-refractivity contribution in [2.24, 2.45) is 5.41 Å². The van der Waals surface area contributed by atoms with Crippen molar-refractivity contribution in [1.29, 1.82) is 0 Å². The first kappa shape index (κ1) is 14.2. The van der Waals surface area contributed by atoms with Crippen LogP contribution in [-0.4, -0.2) is 20.5 Å². The standard InChI is InChI=1S/C16H19N3O/c1-12-6-5-7-13(8-12)9-14(15(20)16(2,3)4)19-11-17-10-18-19/h5-11H,1-4H3/b14-9-. The molecule has 1 heterocycles. The lowest BCUT2D eigenvalue weighted by molar-refractivity contribution is -0.120. The van der Waals surface area contributed by atoms with E-state index in [0.29, 0.717) is 5.70 Å². The molecule has 0 amide bonds. The van der Waals surface area contributed by atoms with E-state index in [2.05, 4.69) is 10.1 Å². The van der Waals surface area contributed by atoms with Crippen molar-refractivity contribution in [2.75, 3.05) is 0 Å². The molecule has 20 heavy (non-hydrogen) atoms. The summed E-state index contributed by atoms with van der Waals surface area (Å²) in [7, 11) is 0. The largest absolute Gasteiger partial charge is 0.292 e. The Kier molecular flexibility index (Phi) is 3.84. The number of carbonyl (C=O) groups is 1. The number of nitrogens with zero attached hydrogens (tertiary/aromatic N) is 3. The first-order valence-corrected chi connectivity index (χ1v) is 6.56. The molecule has 0 fully saturated rings. The molecule has 0 spiro atoms. The van der Waals surface area contributed by atoms with E-state index in [0.717, 1.165) is 11.1 Å². The van der Waals surface area contributed by atoms with E-state index in [9.17, 15) is 4.79 Å². The van der Waals surface area contributed by atoms with Gasteiger partial charge < -0.3 is 0 Å². The Hall–Kier alpha value is -2.23. The highest BCUT2D eigenvalue weighted by atomic mass is 16.1. The van der Waals surface area contributed by atoms with Gasteiger partial charge in [0.1, 0.15) is 18.4 Å². The molecule has 0 N–H and O–H groups in total. The minimum atomic E-state index is -0.471. The lowest BCUT2D eigenvalue weighted by atomic mass is 9.88. The van der Waals surface area contributed by atoms with Crippen molar-refractivity contribution in [1.82, 2.24) is 14.8 Å². The Labute approximate surface area is 119 Å². The van der Waals surface area contributed by atoms with Gasteiger partial charge in [0.25, 0.3) is 0 Å². The lowest BCUT2D eigenvalue weighted by Gasteiger charge is -2.18. The molecular formula is C16H19N3O. The van der Waals surface area contributed by atoms with E-state index in [1.807, 2.05) is 58.0 Å². The fourth-order valence-corrected chi connectivity index (χ4v) is 1.87. The molecule has 0 aliphatic heterocycles. The van der Waals surface area contributed by atoms with Crippen LogP contribution in [0.25, 0.3) is 11.8 Å². The maximum absolute atomic E-state index is 12.6. The van der Waals surface area contributed by atoms with E-state index >= 15 is 0 Å². The molecule has 104 valence electrons. The van der Waals surface area contributed by atoms with Crippen molar-refractivity contribution in [3.05, 3.63) is 48.0 Å². The molecule has 0 atom stereocenters. The van der Waals surface area contributed by atoms with Gasteiger partial charge in [0.15, 0.2) is 5.78 Å². The van der Waals surface area contributed by atoms with Crippen molar-refractivity contribution >= 4 is 17.6 Å². The number of aromatic nitrogens is 3. The summed E-state index contributed by atoms with van der Waals surface area (Å²) in [5.74, 6) is 0.0320. The first-order valence-electron chi connectivity index (χ1n) is 6.56. The Balaban J connectivity index is 2.50. The summed E-state index contributed by atoms with van der Waals surface area (Å²) in [5.41, 5.74) is 2.19. The molecule has 4 heteroatoms. The third-order valence-corrected chi connectivity index (χ3v) is 2.92. The minimum absolute atomic E-state index is 0.0320. The number of Topliss-reactive ketones (excluding diaryl/α,β-unsaturated/α-hetero) is 1. The summed E-state index contributed by atoms with van der Waals surface area (Å²) in [6.45, 7) is 7.72. The monoisotopic (exact) mass is 269 g/mol. The topological polar surface area (TPSA) is 47.8 Å². The van der Waals surface area contributed by atoms with Gasteiger partial charge in [-0.2, -0.15) is 5.10 Å². The van der Waals surface area contributed by atoms with Crippen LogP contribution in [-0.2, 0) is 4.79 Å². The zero-order valence-electron chi connectivity index (χ0n) is 12.3. The number of allylic oxidation sites excluding steroid dienone is 1. The van der Waals surface area contributed by atoms with E-state index in [-0.39, 0.29) is 5.78 Å². The van der Waals surface area contributed by atoms with E-state index in [4.69, 9.17) is 0 Å². The van der Waals surface area contributed by atoms with E-state index in [1.165, 1.54) is 11.0 Å². The van der Waals surface area contributed by atoms with E-state index < -0.39 is 5.41 Å². The summed E-state index contributed by atoms with van der Waals surface area (Å²) in [6.07, 6.45) is 4.83. The maximum atomic E-state index is 12.6. The van der Waals surface area contributed by atoms with E-state index in [1.54, 1.807) is 6.33 Å². The summed E-state index contributed by atoms with van der Waals surface area (Å²) < 4.78 is 1.52. The zero-order valence-corrected chi connectivity index (χ0v) is 12.3. The van der Waals surface area contributed by atoms with Gasteiger partial charge in [0, 0.05) is 5.41 Å². The molecule has 0 saturated heterocycles. The highest BCUT2D eigenvalue weighted by molar-refractivity contribution is 6.21. The van der Waals surface area contributed by atoms with Crippen molar-refractivity contribution in [3.8, 4) is 0 Å². The number of ketones is 1. The van der Waals surface area contributed by atoms with Crippen LogP contribution in [0, 0.1) is 12.3 Å². The van der Waals surface area contributed by atoms with Crippen molar-refractivity contribution in [2.45, 2.75) is 27.7 Å². The molecule has 1 aromatic carbocycles. The number of hydrogen-bond acceptors (Lipinski definition) is 3. The van der Waals surface area contributed by atoms with Crippen LogP contribution in [0.4, 0.5) is 0 Å². The predicted octanol–water partition coefficient (Wildman–Crippen LogP) is 3.20. The zero-order chi connectivity index (χ0) is 14.8. The van der Waals surface area contributed by atoms with Crippen LogP contribution in [0.3, 0.4) is 0 Å². The van der Waals surface area contributed by atoms with Gasteiger partial charge in [0.2, 0.25) is 0 Å². The molecule has 2 rings (SSSR count). The molecule has 1 aromatic heterocycles. The molecule has 0 unspecified atom stereocenters. The second-order valence-corrected chi connectivity index (χ2v) is 5.86. The SMILES string of the molecule is Cc1cccc(/C=C(/C(=O)C(C)(C)C)n2cncn2)c1. The fraction of sp³-hybridized carbons (Fsp3) is 0.312. The van der Waals surface area contributed by atoms with Crippen LogP contribution in [0.1, 0.15) is 31.9 Å². The Morgan fingerprint density at radius 2 is 2.05 bits per heavy atom. The normalized spacial score (nSPS) is 12.5. The second kappa shape index (κ2) is 5.41. The molecular weight excluding hydrogens is 250 g/mol. The molecule has 0 radical (unpaired) electrons. The van der Waals surface area contributed by atoms with Gasteiger partial charge in [-0.3, -0.25) is 4.79 Å². The van der Waals surface area contributed by atoms with Crippen LogP contribution in [0.15, 0.2) is 36.9 Å². The summed E-state index contributed by atoms with van der Waals surface area (Å²) >= 11 is 0. The smallest absolute Gasteiger partial charge is 0.186 e. The van der Waals surface area contributed by atoms with Crippen molar-refractivity contribution < 1.29 is 4.79 Å². The van der Waals surface area contributed by atoms with Gasteiger partial charge in [0.05, 0.1) is 0 Å². The predicted molar refractivity (Wildman–Crippen MR) is 79.8 cm³/mol. The van der Waals surface area contributed by atoms with Gasteiger partial charge >= 0.3 is 0 Å². The average Bonchev–Trinajstić information content (AvgIpc) is 2.87. The van der Waals surface area contributed by atoms with Crippen molar-refractivity contribution in [3.63, 3.8) is 0 Å². The van der Waals surface area contributed by atoms with Gasteiger partial charge in [-0.05, 0) is 18.6 Å². The molecule has 4 nitrogen and oxygen atoms in total. The highest BCUT2D eigenvalue weighted by Crippen LogP contribution is 2.24. The Morgan fingerprint density at radius 3 is 2.60 bits per heavy atom. The molecule has 2 aromatic rings. The third-order valence-electron chi connectivity index (χ3n) is 2.92. The van der Waals surface area contributed by atoms with Crippen LogP contribution >= 0.6 is 0 Å². The number of carbonyl (C=O) groups excluding carboxylic acids is 1. The third kappa shape index (κ3) is 3.20. The summed E-state index contributed by atoms with van der Waals surface area (Å²) in [4.78, 5) is 16.5. The lowest BCUT2D eigenvalue weighted by Crippen LogP contribution is -2.24.